The average Bonchev–Trinajstić information content (AvgIpc) is 3.02. The molecule has 0 aliphatic heterocycles. The second-order valence-electron chi connectivity index (χ2n) is 6.64. The van der Waals surface area contributed by atoms with Gasteiger partial charge in [0.25, 0.3) is 10.0 Å². The molecule has 0 unspecified atom stereocenters. The van der Waals surface area contributed by atoms with Crippen LogP contribution in [0.15, 0.2) is 45.8 Å². The molecule has 0 saturated heterocycles. The van der Waals surface area contributed by atoms with Crippen molar-refractivity contribution in [3.63, 3.8) is 0 Å². The number of nitrogens with zero attached hydrogens (tertiary/aromatic N) is 3. The van der Waals surface area contributed by atoms with Gasteiger partial charge in [0.05, 0.1) is 15.4 Å². The third kappa shape index (κ3) is 4.43. The van der Waals surface area contributed by atoms with Gasteiger partial charge in [-0.25, -0.2) is 4.21 Å². The molecule has 1 aromatic heterocycles. The quantitative estimate of drug-likeness (QED) is 0.745. The van der Waals surface area contributed by atoms with Crippen molar-refractivity contribution >= 4 is 26.7 Å². The molecular formula is C17H23N3O3S2. The number of aryl methyl sites for hydroxylation is 1. The summed E-state index contributed by atoms with van der Waals surface area (Å²) in [5, 5.41) is 4.15. The molecule has 0 saturated carbocycles. The largest absolute Gasteiger partial charge is 0.282 e. The smallest absolute Gasteiger partial charge is 0.234 e. The van der Waals surface area contributed by atoms with Crippen LogP contribution in [0.4, 0.5) is 0 Å². The minimum atomic E-state index is -3.76. The topological polar surface area (TPSA) is 81.4 Å². The molecule has 2 rings (SSSR count). The Hall–Kier alpha value is -1.80. The summed E-state index contributed by atoms with van der Waals surface area (Å²) in [5.74, 6) is 0. The van der Waals surface area contributed by atoms with Gasteiger partial charge >= 0.3 is 0 Å². The Morgan fingerprint density at radius 1 is 1.20 bits per heavy atom. The Bertz CT molecular complexity index is 905. The molecule has 0 aliphatic carbocycles. The van der Waals surface area contributed by atoms with Crippen molar-refractivity contribution in [1.82, 2.24) is 9.19 Å². The number of hydrogen-bond donors (Lipinski definition) is 0. The Morgan fingerprint density at radius 3 is 2.32 bits per heavy atom. The van der Waals surface area contributed by atoms with Crippen LogP contribution in [-0.2, 0) is 21.0 Å². The summed E-state index contributed by atoms with van der Waals surface area (Å²) in [4.78, 5) is 0.168. The lowest BCUT2D eigenvalue weighted by Gasteiger charge is -2.14. The van der Waals surface area contributed by atoms with Crippen molar-refractivity contribution in [1.29, 1.82) is 0 Å². The molecule has 1 aromatic carbocycles. The lowest BCUT2D eigenvalue weighted by Crippen LogP contribution is -2.21. The molecular weight excluding hydrogens is 358 g/mol. The van der Waals surface area contributed by atoms with Crippen molar-refractivity contribution in [2.45, 2.75) is 50.7 Å². The van der Waals surface area contributed by atoms with Gasteiger partial charge in [-0.2, -0.15) is 22.0 Å². The van der Waals surface area contributed by atoms with Gasteiger partial charge in [-0.1, -0.05) is 24.6 Å². The minimum Gasteiger partial charge on any atom is -0.234 e. The van der Waals surface area contributed by atoms with Gasteiger partial charge in [0.2, 0.25) is 0 Å². The van der Waals surface area contributed by atoms with Crippen LogP contribution in [0, 0.1) is 6.92 Å². The fourth-order valence-corrected chi connectivity index (χ4v) is 3.75. The highest BCUT2D eigenvalue weighted by molar-refractivity contribution is 7.89. The minimum absolute atomic E-state index is 0.168. The Morgan fingerprint density at radius 2 is 1.80 bits per heavy atom. The second-order valence-corrected chi connectivity index (χ2v) is 10.3. The van der Waals surface area contributed by atoms with Gasteiger partial charge in [0.1, 0.15) is 16.7 Å². The molecule has 8 heteroatoms. The van der Waals surface area contributed by atoms with Crippen molar-refractivity contribution in [2.75, 3.05) is 0 Å². The van der Waals surface area contributed by atoms with Gasteiger partial charge in [-0.05, 0) is 52.3 Å². The van der Waals surface area contributed by atoms with Crippen LogP contribution in [0.25, 0.3) is 0 Å². The first-order chi connectivity index (χ1) is 11.6. The Balaban J connectivity index is 2.40. The fraction of sp³-hybridized carbons (Fsp3) is 0.412. The van der Waals surface area contributed by atoms with E-state index in [2.05, 4.69) is 9.50 Å². The van der Waals surface area contributed by atoms with E-state index >= 15 is 0 Å². The number of hydrogen-bond acceptors (Lipinski definition) is 4. The van der Waals surface area contributed by atoms with Crippen molar-refractivity contribution < 1.29 is 12.6 Å². The molecule has 6 nitrogen and oxygen atoms in total. The molecule has 2 aromatic rings. The molecule has 25 heavy (non-hydrogen) atoms. The van der Waals surface area contributed by atoms with E-state index in [4.69, 9.17) is 0 Å². The van der Waals surface area contributed by atoms with Crippen molar-refractivity contribution in [2.24, 2.45) is 4.40 Å². The van der Waals surface area contributed by atoms with Crippen LogP contribution in [0.5, 0.6) is 0 Å². The summed E-state index contributed by atoms with van der Waals surface area (Å²) in [6.45, 7) is 9.26. The van der Waals surface area contributed by atoms with Crippen LogP contribution in [0.3, 0.4) is 0 Å². The maximum absolute atomic E-state index is 12.7. The summed E-state index contributed by atoms with van der Waals surface area (Å²) in [6, 6.07) is 8.16. The molecule has 1 atom stereocenters. The summed E-state index contributed by atoms with van der Waals surface area (Å²) in [7, 11) is -5.19. The Kier molecular flexibility index (Phi) is 5.63. The predicted molar refractivity (Wildman–Crippen MR) is 101 cm³/mol. The van der Waals surface area contributed by atoms with Crippen LogP contribution < -0.4 is 0 Å². The molecule has 0 N–H and O–H groups in total. The number of aromatic nitrogens is 2. The third-order valence-corrected chi connectivity index (χ3v) is 6.48. The van der Waals surface area contributed by atoms with Crippen LogP contribution in [0.2, 0.25) is 0 Å². The zero-order valence-electron chi connectivity index (χ0n) is 15.1. The third-order valence-electron chi connectivity index (χ3n) is 3.48. The van der Waals surface area contributed by atoms with Crippen molar-refractivity contribution in [3.05, 3.63) is 47.8 Å². The van der Waals surface area contributed by atoms with Crippen molar-refractivity contribution in [3.8, 4) is 0 Å². The van der Waals surface area contributed by atoms with Crippen LogP contribution in [-0.4, -0.2) is 32.3 Å². The highest BCUT2D eigenvalue weighted by atomic mass is 32.2. The maximum Gasteiger partial charge on any atom is 0.282 e. The van der Waals surface area contributed by atoms with E-state index in [0.717, 1.165) is 9.65 Å². The molecule has 0 fully saturated rings. The predicted octanol–water partition coefficient (Wildman–Crippen LogP) is 3.09. The number of benzene rings is 1. The molecule has 0 radical (unpaired) electrons. The average molecular weight is 382 g/mol. The van der Waals surface area contributed by atoms with E-state index in [1.807, 2.05) is 34.6 Å². The number of rotatable bonds is 5. The van der Waals surface area contributed by atoms with Gasteiger partial charge < -0.3 is 0 Å². The summed E-state index contributed by atoms with van der Waals surface area (Å²) in [6.07, 6.45) is 1.89. The lowest BCUT2D eigenvalue weighted by atomic mass is 10.2. The monoisotopic (exact) mass is 381 g/mol. The zero-order chi connectivity index (χ0) is 18.8. The van der Waals surface area contributed by atoms with E-state index in [1.54, 1.807) is 30.3 Å². The van der Waals surface area contributed by atoms with E-state index in [9.17, 15) is 12.6 Å². The zero-order valence-corrected chi connectivity index (χ0v) is 16.7. The first-order valence-corrected chi connectivity index (χ1v) is 10.5. The molecule has 1 heterocycles. The van der Waals surface area contributed by atoms with Gasteiger partial charge in [-0.15, -0.1) is 0 Å². The molecule has 0 spiro atoms. The Labute approximate surface area is 151 Å². The first kappa shape index (κ1) is 19.5. The maximum atomic E-state index is 12.7. The lowest BCUT2D eigenvalue weighted by molar-refractivity contribution is 0.580. The molecule has 0 bridgehead atoms. The van der Waals surface area contributed by atoms with Gasteiger partial charge in [0, 0.05) is 6.20 Å². The van der Waals surface area contributed by atoms with E-state index < -0.39 is 25.8 Å². The van der Waals surface area contributed by atoms with E-state index in [0.29, 0.717) is 17.8 Å². The normalized spacial score (nSPS) is 14.5. The van der Waals surface area contributed by atoms with Crippen LogP contribution in [0.1, 0.15) is 45.4 Å². The van der Waals surface area contributed by atoms with Crippen LogP contribution >= 0.6 is 0 Å². The van der Waals surface area contributed by atoms with Gasteiger partial charge in [0.15, 0.2) is 0 Å². The highest BCUT2D eigenvalue weighted by Gasteiger charge is 2.22. The first-order valence-electron chi connectivity index (χ1n) is 7.93. The summed E-state index contributed by atoms with van der Waals surface area (Å²) >= 11 is 0. The van der Waals surface area contributed by atoms with Gasteiger partial charge in [-0.3, -0.25) is 0 Å². The molecule has 136 valence electrons. The SMILES string of the molecule is CC/C(=N\[S@@](=O)C(C)(C)C)c1ccn(S(=O)(=O)c2ccc(C)cc2)n1. The second kappa shape index (κ2) is 7.21. The summed E-state index contributed by atoms with van der Waals surface area (Å²) < 4.78 is 42.2. The summed E-state index contributed by atoms with van der Waals surface area (Å²) in [5.41, 5.74) is 1.91. The fourth-order valence-electron chi connectivity index (χ4n) is 1.94. The standard InChI is InChI=1S/C17H23N3O3S2/c1-6-15(19-24(21)17(3,4)5)16-11-12-20(18-16)25(22,23)14-9-7-13(2)8-10-14/h7-12H,6H2,1-5H3/b19-15+/t24-/m0/s1. The van der Waals surface area contributed by atoms with E-state index in [1.165, 1.54) is 6.20 Å². The van der Waals surface area contributed by atoms with E-state index in [-0.39, 0.29) is 4.90 Å². The molecule has 0 aliphatic rings. The molecule has 0 amide bonds. The highest BCUT2D eigenvalue weighted by Crippen LogP contribution is 2.17.